The molecule has 102 valence electrons. The third kappa shape index (κ3) is 2.17. The summed E-state index contributed by atoms with van der Waals surface area (Å²) >= 11 is 0. The number of isocyanates is 1. The monoisotopic (exact) mass is 263 g/mol. The highest BCUT2D eigenvalue weighted by molar-refractivity contribution is 5.55. The Morgan fingerprint density at radius 2 is 1.63 bits per heavy atom. The smallest absolute Gasteiger partial charge is 0.235 e. The van der Waals surface area contributed by atoms with Crippen molar-refractivity contribution in [1.29, 1.82) is 0 Å². The van der Waals surface area contributed by atoms with Gasteiger partial charge >= 0.3 is 0 Å². The molecule has 19 heavy (non-hydrogen) atoms. The molecule has 1 aromatic rings. The molecule has 0 aromatic heterocycles. The maximum atomic E-state index is 10.7. The molecule has 0 atom stereocenters. The molecule has 2 rings (SSSR count). The molecule has 0 heterocycles. The Morgan fingerprint density at radius 3 is 2.05 bits per heavy atom. The molecule has 0 saturated heterocycles. The normalized spacial score (nSPS) is 15.9. The van der Waals surface area contributed by atoms with Crippen molar-refractivity contribution in [3.05, 3.63) is 17.7 Å². The minimum absolute atomic E-state index is 0.521. The third-order valence-electron chi connectivity index (χ3n) is 3.65. The van der Waals surface area contributed by atoms with Crippen LogP contribution in [0.3, 0.4) is 0 Å². The van der Waals surface area contributed by atoms with Crippen LogP contribution in [0.1, 0.15) is 24.8 Å². The van der Waals surface area contributed by atoms with Crippen LogP contribution in [0.4, 0.5) is 0 Å². The van der Waals surface area contributed by atoms with Gasteiger partial charge in [-0.2, -0.15) is 4.99 Å². The van der Waals surface area contributed by atoms with Gasteiger partial charge in [0.25, 0.3) is 0 Å². The molecule has 5 nitrogen and oxygen atoms in total. The average molecular weight is 263 g/mol. The van der Waals surface area contributed by atoms with Crippen molar-refractivity contribution < 1.29 is 19.0 Å². The standard InChI is InChI=1S/C14H17NO4/c1-17-11-8-13(19-3)12(18-2)7-10(11)14(15-9-16)5-4-6-14/h7-8H,4-6H2,1-3H3. The number of benzene rings is 1. The fourth-order valence-electron chi connectivity index (χ4n) is 2.43. The van der Waals surface area contributed by atoms with Crippen LogP contribution in [-0.4, -0.2) is 27.4 Å². The summed E-state index contributed by atoms with van der Waals surface area (Å²) in [7, 11) is 4.73. The van der Waals surface area contributed by atoms with E-state index in [1.165, 1.54) is 0 Å². The van der Waals surface area contributed by atoms with Crippen molar-refractivity contribution in [3.63, 3.8) is 0 Å². The van der Waals surface area contributed by atoms with Crippen LogP contribution < -0.4 is 14.2 Å². The first kappa shape index (κ1) is 13.4. The van der Waals surface area contributed by atoms with E-state index in [0.717, 1.165) is 24.8 Å². The van der Waals surface area contributed by atoms with Gasteiger partial charge in [-0.1, -0.05) is 0 Å². The highest BCUT2D eigenvalue weighted by Crippen LogP contribution is 2.50. The lowest BCUT2D eigenvalue weighted by atomic mass is 9.72. The molecular weight excluding hydrogens is 246 g/mol. The van der Waals surface area contributed by atoms with Gasteiger partial charge in [-0.3, -0.25) is 0 Å². The SMILES string of the molecule is COc1cc(OC)c(C2(N=C=O)CCC2)cc1OC. The van der Waals surface area contributed by atoms with E-state index < -0.39 is 5.54 Å². The third-order valence-corrected chi connectivity index (χ3v) is 3.65. The lowest BCUT2D eigenvalue weighted by Crippen LogP contribution is -2.32. The van der Waals surface area contributed by atoms with Crippen LogP contribution in [-0.2, 0) is 10.3 Å². The summed E-state index contributed by atoms with van der Waals surface area (Å²) < 4.78 is 15.9. The number of ether oxygens (including phenoxy) is 3. The van der Waals surface area contributed by atoms with Crippen LogP contribution in [0.25, 0.3) is 0 Å². The zero-order chi connectivity index (χ0) is 13.9. The zero-order valence-electron chi connectivity index (χ0n) is 11.4. The highest BCUT2D eigenvalue weighted by Gasteiger charge is 2.41. The van der Waals surface area contributed by atoms with Crippen molar-refractivity contribution in [2.75, 3.05) is 21.3 Å². The summed E-state index contributed by atoms with van der Waals surface area (Å²) in [6.45, 7) is 0. The van der Waals surface area contributed by atoms with E-state index >= 15 is 0 Å². The Labute approximate surface area is 112 Å². The molecule has 1 aliphatic rings. The Bertz CT molecular complexity index is 516. The molecule has 1 aromatic carbocycles. The first-order valence-corrected chi connectivity index (χ1v) is 6.10. The van der Waals surface area contributed by atoms with Crippen LogP contribution in [0, 0.1) is 0 Å². The fraction of sp³-hybridized carbons (Fsp3) is 0.500. The van der Waals surface area contributed by atoms with Crippen molar-refractivity contribution in [2.24, 2.45) is 4.99 Å². The molecular formula is C14H17NO4. The molecule has 0 unspecified atom stereocenters. The summed E-state index contributed by atoms with van der Waals surface area (Å²) in [6.07, 6.45) is 4.33. The molecule has 1 saturated carbocycles. The number of rotatable bonds is 5. The number of nitrogens with zero attached hydrogens (tertiary/aromatic N) is 1. The number of hydrogen-bond donors (Lipinski definition) is 0. The van der Waals surface area contributed by atoms with Crippen molar-refractivity contribution in [2.45, 2.75) is 24.8 Å². The lowest BCUT2D eigenvalue weighted by molar-refractivity contribution is 0.243. The van der Waals surface area contributed by atoms with Gasteiger partial charge in [0.2, 0.25) is 6.08 Å². The molecule has 1 aliphatic carbocycles. The summed E-state index contributed by atoms with van der Waals surface area (Å²) in [4.78, 5) is 14.7. The summed E-state index contributed by atoms with van der Waals surface area (Å²) in [5, 5.41) is 0. The predicted octanol–water partition coefficient (Wildman–Crippen LogP) is 2.43. The quantitative estimate of drug-likeness (QED) is 0.604. The second-order valence-electron chi connectivity index (χ2n) is 4.50. The topological polar surface area (TPSA) is 57.1 Å². The van der Waals surface area contributed by atoms with Gasteiger partial charge in [0.1, 0.15) is 11.3 Å². The van der Waals surface area contributed by atoms with Gasteiger partial charge in [0.15, 0.2) is 11.5 Å². The number of aliphatic imine (C=N–C) groups is 1. The largest absolute Gasteiger partial charge is 0.496 e. The van der Waals surface area contributed by atoms with Gasteiger partial charge in [-0.25, -0.2) is 4.79 Å². The van der Waals surface area contributed by atoms with Crippen LogP contribution in [0.15, 0.2) is 17.1 Å². The van der Waals surface area contributed by atoms with E-state index in [-0.39, 0.29) is 0 Å². The number of hydrogen-bond acceptors (Lipinski definition) is 5. The van der Waals surface area contributed by atoms with E-state index in [1.807, 2.05) is 6.07 Å². The van der Waals surface area contributed by atoms with E-state index in [2.05, 4.69) is 4.99 Å². The molecule has 1 fully saturated rings. The molecule has 0 spiro atoms. The second kappa shape index (κ2) is 5.33. The predicted molar refractivity (Wildman–Crippen MR) is 69.7 cm³/mol. The average Bonchev–Trinajstić information content (AvgIpc) is 2.41. The minimum atomic E-state index is -0.521. The Balaban J connectivity index is 2.58. The number of carbonyl (C=O) groups excluding carboxylic acids is 1. The minimum Gasteiger partial charge on any atom is -0.496 e. The van der Waals surface area contributed by atoms with Gasteiger partial charge in [0, 0.05) is 11.6 Å². The number of methoxy groups -OCH3 is 3. The van der Waals surface area contributed by atoms with E-state index in [1.54, 1.807) is 33.5 Å². The van der Waals surface area contributed by atoms with Crippen LogP contribution in [0.5, 0.6) is 17.2 Å². The van der Waals surface area contributed by atoms with Crippen molar-refractivity contribution in [3.8, 4) is 17.2 Å². The van der Waals surface area contributed by atoms with E-state index in [4.69, 9.17) is 14.2 Å². The summed E-state index contributed by atoms with van der Waals surface area (Å²) in [5.41, 5.74) is 0.328. The summed E-state index contributed by atoms with van der Waals surface area (Å²) in [6, 6.07) is 3.59. The first-order valence-electron chi connectivity index (χ1n) is 6.10. The van der Waals surface area contributed by atoms with Gasteiger partial charge in [-0.15, -0.1) is 0 Å². The maximum Gasteiger partial charge on any atom is 0.235 e. The lowest BCUT2D eigenvalue weighted by Gasteiger charge is -2.38. The van der Waals surface area contributed by atoms with Crippen molar-refractivity contribution in [1.82, 2.24) is 0 Å². The van der Waals surface area contributed by atoms with Gasteiger partial charge in [-0.05, 0) is 25.3 Å². The first-order chi connectivity index (χ1) is 9.20. The zero-order valence-corrected chi connectivity index (χ0v) is 11.4. The maximum absolute atomic E-state index is 10.7. The Kier molecular flexibility index (Phi) is 3.76. The van der Waals surface area contributed by atoms with Gasteiger partial charge < -0.3 is 14.2 Å². The summed E-state index contributed by atoms with van der Waals surface area (Å²) in [5.74, 6) is 1.84. The van der Waals surface area contributed by atoms with E-state index in [9.17, 15) is 4.79 Å². The van der Waals surface area contributed by atoms with Crippen LogP contribution >= 0.6 is 0 Å². The van der Waals surface area contributed by atoms with Gasteiger partial charge in [0.05, 0.1) is 21.3 Å². The molecule has 5 heteroatoms. The Morgan fingerprint density at radius 1 is 1.05 bits per heavy atom. The highest BCUT2D eigenvalue weighted by atomic mass is 16.5. The molecule has 0 bridgehead atoms. The van der Waals surface area contributed by atoms with Crippen LogP contribution in [0.2, 0.25) is 0 Å². The molecule has 0 N–H and O–H groups in total. The Hall–Kier alpha value is -2.00. The fourth-order valence-corrected chi connectivity index (χ4v) is 2.43. The van der Waals surface area contributed by atoms with E-state index in [0.29, 0.717) is 17.2 Å². The second-order valence-corrected chi connectivity index (χ2v) is 4.50. The molecule has 0 aliphatic heterocycles. The molecule has 0 amide bonds. The van der Waals surface area contributed by atoms with Crippen molar-refractivity contribution >= 4 is 6.08 Å². The molecule has 0 radical (unpaired) electrons.